The molecule has 0 bridgehead atoms. The molecule has 1 aliphatic heterocycles. The third-order valence-electron chi connectivity index (χ3n) is 4.26. The average Bonchev–Trinajstić information content (AvgIpc) is 2.26. The number of carbonyl (C=O) groups excluding carboxylic acids is 1. The Labute approximate surface area is 121 Å². The molecule has 0 aromatic rings. The molecule has 7 heteroatoms. The largest absolute Gasteiger partial charge is 0.388 e. The van der Waals surface area contributed by atoms with Crippen molar-refractivity contribution in [2.75, 3.05) is 19.3 Å². The van der Waals surface area contributed by atoms with Crippen molar-refractivity contribution < 1.29 is 18.3 Å². The Hall–Kier alpha value is -0.660. The first kappa shape index (κ1) is 17.4. The van der Waals surface area contributed by atoms with Crippen LogP contribution in [0.1, 0.15) is 40.5 Å². The number of amides is 1. The maximum absolute atomic E-state index is 12.2. The first-order chi connectivity index (χ1) is 8.84. The standard InChI is InChI=1S/C13H26N2O4S/c1-12(2,13(3,4)17)14-11(16)10-6-8-15(9-7-10)20(5,18)19/h10,17H,6-9H2,1-5H3,(H,14,16). The number of rotatable bonds is 4. The van der Waals surface area contributed by atoms with Gasteiger partial charge in [-0.25, -0.2) is 12.7 Å². The highest BCUT2D eigenvalue weighted by molar-refractivity contribution is 7.88. The van der Waals surface area contributed by atoms with Crippen LogP contribution in [0.15, 0.2) is 0 Å². The van der Waals surface area contributed by atoms with Crippen LogP contribution in [0, 0.1) is 5.92 Å². The second-order valence-corrected chi connectivity index (χ2v) is 8.59. The summed E-state index contributed by atoms with van der Waals surface area (Å²) >= 11 is 0. The van der Waals surface area contributed by atoms with Crippen LogP contribution in [-0.2, 0) is 14.8 Å². The lowest BCUT2D eigenvalue weighted by Gasteiger charge is -2.39. The summed E-state index contributed by atoms with van der Waals surface area (Å²) in [6, 6.07) is 0. The van der Waals surface area contributed by atoms with E-state index in [2.05, 4.69) is 5.32 Å². The summed E-state index contributed by atoms with van der Waals surface area (Å²) in [5, 5.41) is 12.9. The van der Waals surface area contributed by atoms with Gasteiger partial charge < -0.3 is 10.4 Å². The molecule has 0 aromatic heterocycles. The lowest BCUT2D eigenvalue weighted by Crippen LogP contribution is -2.59. The molecule has 1 rings (SSSR count). The van der Waals surface area contributed by atoms with Crippen molar-refractivity contribution >= 4 is 15.9 Å². The van der Waals surface area contributed by atoms with Crippen LogP contribution in [0.4, 0.5) is 0 Å². The Kier molecular flexibility index (Phi) is 4.88. The number of nitrogens with one attached hydrogen (secondary N) is 1. The number of piperidine rings is 1. The van der Waals surface area contributed by atoms with E-state index in [0.29, 0.717) is 25.9 Å². The number of carbonyl (C=O) groups is 1. The third-order valence-corrected chi connectivity index (χ3v) is 5.56. The monoisotopic (exact) mass is 306 g/mol. The van der Waals surface area contributed by atoms with E-state index in [4.69, 9.17) is 0 Å². The topological polar surface area (TPSA) is 86.7 Å². The maximum atomic E-state index is 12.2. The maximum Gasteiger partial charge on any atom is 0.223 e. The number of hydrogen-bond donors (Lipinski definition) is 2. The van der Waals surface area contributed by atoms with Crippen molar-refractivity contribution in [1.82, 2.24) is 9.62 Å². The quantitative estimate of drug-likeness (QED) is 0.783. The molecule has 20 heavy (non-hydrogen) atoms. The molecule has 0 atom stereocenters. The highest BCUT2D eigenvalue weighted by Crippen LogP contribution is 2.24. The van der Waals surface area contributed by atoms with Gasteiger partial charge in [0, 0.05) is 19.0 Å². The molecule has 1 fully saturated rings. The van der Waals surface area contributed by atoms with Gasteiger partial charge in [0.2, 0.25) is 15.9 Å². The zero-order chi connectivity index (χ0) is 15.8. The first-order valence-electron chi connectivity index (χ1n) is 6.84. The van der Waals surface area contributed by atoms with Crippen LogP contribution >= 0.6 is 0 Å². The van der Waals surface area contributed by atoms with E-state index in [1.54, 1.807) is 27.7 Å². The van der Waals surface area contributed by atoms with Gasteiger partial charge in [0.05, 0.1) is 17.4 Å². The van der Waals surface area contributed by atoms with Crippen LogP contribution in [0.25, 0.3) is 0 Å². The van der Waals surface area contributed by atoms with E-state index < -0.39 is 21.2 Å². The molecule has 0 aliphatic carbocycles. The molecule has 118 valence electrons. The molecule has 0 radical (unpaired) electrons. The van der Waals surface area contributed by atoms with Gasteiger partial charge in [-0.1, -0.05) is 0 Å². The summed E-state index contributed by atoms with van der Waals surface area (Å²) in [5.41, 5.74) is -1.77. The molecule has 0 aromatic carbocycles. The van der Waals surface area contributed by atoms with Crippen molar-refractivity contribution in [2.24, 2.45) is 5.92 Å². The number of nitrogens with zero attached hydrogens (tertiary/aromatic N) is 1. The molecule has 2 N–H and O–H groups in total. The Balaban J connectivity index is 2.61. The smallest absolute Gasteiger partial charge is 0.223 e. The van der Waals surface area contributed by atoms with E-state index in [1.165, 1.54) is 10.6 Å². The van der Waals surface area contributed by atoms with E-state index in [-0.39, 0.29) is 11.8 Å². The zero-order valence-corrected chi connectivity index (χ0v) is 13.7. The summed E-state index contributed by atoms with van der Waals surface area (Å²) in [5.74, 6) is -0.320. The van der Waals surface area contributed by atoms with E-state index in [1.807, 2.05) is 0 Å². The summed E-state index contributed by atoms with van der Waals surface area (Å²) in [6.45, 7) is 7.60. The fourth-order valence-corrected chi connectivity index (χ4v) is 2.89. The summed E-state index contributed by atoms with van der Waals surface area (Å²) in [6.07, 6.45) is 2.21. The van der Waals surface area contributed by atoms with Crippen molar-refractivity contribution in [1.29, 1.82) is 0 Å². The predicted octanol–water partition coefficient (Wildman–Crippen LogP) is 0.324. The Morgan fingerprint density at radius 3 is 2.00 bits per heavy atom. The summed E-state index contributed by atoms with van der Waals surface area (Å²) in [4.78, 5) is 12.2. The van der Waals surface area contributed by atoms with Gasteiger partial charge in [-0.3, -0.25) is 4.79 Å². The summed E-state index contributed by atoms with van der Waals surface area (Å²) in [7, 11) is -3.17. The molecule has 6 nitrogen and oxygen atoms in total. The van der Waals surface area contributed by atoms with Crippen LogP contribution in [-0.4, -0.2) is 54.2 Å². The number of hydrogen-bond acceptors (Lipinski definition) is 4. The first-order valence-corrected chi connectivity index (χ1v) is 8.69. The second kappa shape index (κ2) is 5.61. The van der Waals surface area contributed by atoms with Crippen LogP contribution in [0.5, 0.6) is 0 Å². The lowest BCUT2D eigenvalue weighted by molar-refractivity contribution is -0.131. The minimum absolute atomic E-state index is 0.120. The zero-order valence-electron chi connectivity index (χ0n) is 12.9. The highest BCUT2D eigenvalue weighted by atomic mass is 32.2. The van der Waals surface area contributed by atoms with Crippen molar-refractivity contribution in [3.63, 3.8) is 0 Å². The van der Waals surface area contributed by atoms with Crippen molar-refractivity contribution in [3.05, 3.63) is 0 Å². The second-order valence-electron chi connectivity index (χ2n) is 6.61. The minimum atomic E-state index is -3.17. The van der Waals surface area contributed by atoms with Crippen LogP contribution in [0.3, 0.4) is 0 Å². The summed E-state index contributed by atoms with van der Waals surface area (Å²) < 4.78 is 24.2. The number of sulfonamides is 1. The van der Waals surface area contributed by atoms with Crippen LogP contribution < -0.4 is 5.32 Å². The fourth-order valence-electron chi connectivity index (χ4n) is 2.01. The SMILES string of the molecule is CC(C)(O)C(C)(C)NC(=O)C1CCN(S(C)(=O)=O)CC1. The Morgan fingerprint density at radius 1 is 1.20 bits per heavy atom. The lowest BCUT2D eigenvalue weighted by atomic mass is 9.85. The van der Waals surface area contributed by atoms with E-state index in [0.717, 1.165) is 0 Å². The normalized spacial score (nSPS) is 19.9. The third kappa shape index (κ3) is 4.17. The molecular weight excluding hydrogens is 280 g/mol. The van der Waals surface area contributed by atoms with Gasteiger partial charge in [-0.2, -0.15) is 0 Å². The number of aliphatic hydroxyl groups is 1. The molecular formula is C13H26N2O4S. The van der Waals surface area contributed by atoms with E-state index in [9.17, 15) is 18.3 Å². The van der Waals surface area contributed by atoms with E-state index >= 15 is 0 Å². The van der Waals surface area contributed by atoms with Gasteiger partial charge in [0.25, 0.3) is 0 Å². The Morgan fingerprint density at radius 2 is 1.65 bits per heavy atom. The van der Waals surface area contributed by atoms with Crippen molar-refractivity contribution in [3.8, 4) is 0 Å². The highest BCUT2D eigenvalue weighted by Gasteiger charge is 2.38. The average molecular weight is 306 g/mol. The molecule has 0 spiro atoms. The van der Waals surface area contributed by atoms with Crippen LogP contribution in [0.2, 0.25) is 0 Å². The molecule has 0 saturated carbocycles. The van der Waals surface area contributed by atoms with Gasteiger partial charge in [0.15, 0.2) is 0 Å². The molecule has 1 saturated heterocycles. The molecule has 0 unspecified atom stereocenters. The fraction of sp³-hybridized carbons (Fsp3) is 0.923. The predicted molar refractivity (Wildman–Crippen MR) is 77.7 cm³/mol. The molecule has 1 amide bonds. The minimum Gasteiger partial charge on any atom is -0.388 e. The van der Waals surface area contributed by atoms with Gasteiger partial charge in [-0.05, 0) is 40.5 Å². The Bertz CT molecular complexity index is 457. The molecule has 1 aliphatic rings. The van der Waals surface area contributed by atoms with Gasteiger partial charge in [-0.15, -0.1) is 0 Å². The van der Waals surface area contributed by atoms with Gasteiger partial charge >= 0.3 is 0 Å². The van der Waals surface area contributed by atoms with Gasteiger partial charge in [0.1, 0.15) is 0 Å². The molecule has 1 heterocycles. The van der Waals surface area contributed by atoms with Crippen molar-refractivity contribution in [2.45, 2.75) is 51.7 Å².